The van der Waals surface area contributed by atoms with Crippen LogP contribution in [0.1, 0.15) is 40.0 Å². The summed E-state index contributed by atoms with van der Waals surface area (Å²) in [5.74, 6) is -1.77. The molecule has 3 fully saturated rings. The van der Waals surface area contributed by atoms with Gasteiger partial charge in [0.2, 0.25) is 17.7 Å². The molecule has 4 N–H and O–H groups in total. The Morgan fingerprint density at radius 1 is 1.18 bits per heavy atom. The van der Waals surface area contributed by atoms with Crippen LogP contribution in [0.3, 0.4) is 0 Å². The number of nitrogens with one attached hydrogen (secondary N) is 4. The van der Waals surface area contributed by atoms with Gasteiger partial charge in [0.15, 0.2) is 0 Å². The van der Waals surface area contributed by atoms with Crippen LogP contribution in [-0.4, -0.2) is 110 Å². The van der Waals surface area contributed by atoms with Crippen LogP contribution in [-0.2, 0) is 19.1 Å². The van der Waals surface area contributed by atoms with Crippen LogP contribution in [0.4, 0.5) is 18.0 Å². The van der Waals surface area contributed by atoms with E-state index in [1.165, 1.54) is 4.90 Å². The second kappa shape index (κ2) is 13.0. The highest BCUT2D eigenvalue weighted by Crippen LogP contribution is 2.29. The number of morpholine rings is 1. The van der Waals surface area contributed by atoms with Gasteiger partial charge in [0.1, 0.15) is 24.7 Å². The van der Waals surface area contributed by atoms with Crippen molar-refractivity contribution in [3.05, 3.63) is 0 Å². The summed E-state index contributed by atoms with van der Waals surface area (Å²) in [5, 5.41) is 19.1. The topological polar surface area (TPSA) is 156 Å². The van der Waals surface area contributed by atoms with Crippen LogP contribution in [0.5, 0.6) is 0 Å². The van der Waals surface area contributed by atoms with E-state index in [4.69, 9.17) is 4.74 Å². The second-order valence-electron chi connectivity index (χ2n) is 11.5. The maximum absolute atomic E-state index is 13.9. The summed E-state index contributed by atoms with van der Waals surface area (Å²) in [6.07, 6.45) is -3.68. The molecule has 12 nitrogen and oxygen atoms in total. The Bertz CT molecular complexity index is 991. The first-order valence-corrected chi connectivity index (χ1v) is 13.4. The number of ether oxygens (including phenoxy) is 1. The van der Waals surface area contributed by atoms with Crippen LogP contribution in [0.15, 0.2) is 0 Å². The zero-order valence-electron chi connectivity index (χ0n) is 23.0. The van der Waals surface area contributed by atoms with Gasteiger partial charge in [0, 0.05) is 38.1 Å². The molecule has 0 aromatic carbocycles. The predicted octanol–water partition coefficient (Wildman–Crippen LogP) is 0.0989. The van der Waals surface area contributed by atoms with Crippen molar-refractivity contribution in [1.82, 2.24) is 31.1 Å². The van der Waals surface area contributed by atoms with E-state index in [0.717, 1.165) is 0 Å². The largest absolute Gasteiger partial charge is 0.405 e. The minimum atomic E-state index is -4.63. The van der Waals surface area contributed by atoms with Gasteiger partial charge in [-0.25, -0.2) is 4.79 Å². The zero-order valence-corrected chi connectivity index (χ0v) is 23.0. The van der Waals surface area contributed by atoms with Gasteiger partial charge in [-0.1, -0.05) is 20.8 Å². The first-order valence-electron chi connectivity index (χ1n) is 13.4. The molecule has 224 valence electrons. The fourth-order valence-electron chi connectivity index (χ4n) is 5.26. The summed E-state index contributed by atoms with van der Waals surface area (Å²) in [6, 6.07) is -2.52. The van der Waals surface area contributed by atoms with Crippen molar-refractivity contribution < 1.29 is 37.1 Å². The highest BCUT2D eigenvalue weighted by molar-refractivity contribution is 5.93. The van der Waals surface area contributed by atoms with Crippen LogP contribution in [0, 0.1) is 22.7 Å². The molecule has 3 aliphatic rings. The molecule has 15 heteroatoms. The Labute approximate surface area is 231 Å². The summed E-state index contributed by atoms with van der Waals surface area (Å²) in [4.78, 5) is 55.1. The van der Waals surface area contributed by atoms with E-state index >= 15 is 0 Å². The summed E-state index contributed by atoms with van der Waals surface area (Å²) in [7, 11) is 0. The van der Waals surface area contributed by atoms with Gasteiger partial charge in [0.05, 0.1) is 19.3 Å². The monoisotopic (exact) mass is 573 g/mol. The van der Waals surface area contributed by atoms with Gasteiger partial charge >= 0.3 is 12.2 Å². The molecule has 3 heterocycles. The maximum Gasteiger partial charge on any atom is 0.405 e. The molecule has 40 heavy (non-hydrogen) atoms. The molecule has 3 rings (SSSR count). The standard InChI is InChI=1S/C25H38F3N7O5/c1-24(2,3)19(33-23(39)31-14-25(26,27)28)22(38)35-13-17(34-6-8-40-9-7-34)11-18(35)21(37)32-16(12-29)10-15-4-5-30-20(15)36/h15-19H,4-11,13-14H2,1-3H3,(H,30,36)(H,32,37)(H2,31,33,39)/t15-,16-,17+,18-,19+/m0/s1. The summed E-state index contributed by atoms with van der Waals surface area (Å²) < 4.78 is 43.3. The molecule has 0 radical (unpaired) electrons. The highest BCUT2D eigenvalue weighted by atomic mass is 19.4. The Kier molecular flexibility index (Phi) is 10.2. The van der Waals surface area contributed by atoms with Gasteiger partial charge in [-0.05, 0) is 24.7 Å². The lowest BCUT2D eigenvalue weighted by Crippen LogP contribution is -2.60. The number of nitriles is 1. The van der Waals surface area contributed by atoms with Gasteiger partial charge in [-0.3, -0.25) is 19.3 Å². The molecule has 3 aliphatic heterocycles. The lowest BCUT2D eigenvalue weighted by molar-refractivity contribution is -0.142. The Morgan fingerprint density at radius 2 is 1.85 bits per heavy atom. The molecule has 0 aliphatic carbocycles. The average Bonchev–Trinajstić information content (AvgIpc) is 3.51. The first-order chi connectivity index (χ1) is 18.7. The first kappa shape index (κ1) is 31.4. The average molecular weight is 574 g/mol. The van der Waals surface area contributed by atoms with Gasteiger partial charge < -0.3 is 30.9 Å². The summed E-state index contributed by atoms with van der Waals surface area (Å²) in [6.45, 7) is 6.23. The third-order valence-electron chi connectivity index (χ3n) is 7.42. The van der Waals surface area contributed by atoms with E-state index < -0.39 is 60.0 Å². The minimum Gasteiger partial charge on any atom is -0.379 e. The van der Waals surface area contributed by atoms with Crippen molar-refractivity contribution in [1.29, 1.82) is 5.26 Å². The van der Waals surface area contributed by atoms with Gasteiger partial charge in [-0.15, -0.1) is 0 Å². The van der Waals surface area contributed by atoms with E-state index in [9.17, 15) is 37.6 Å². The second-order valence-corrected chi connectivity index (χ2v) is 11.5. The quantitative estimate of drug-likeness (QED) is 0.321. The number of likely N-dealkylation sites (tertiary alicyclic amines) is 1. The Hall–Kier alpha value is -3.12. The number of hydrogen-bond acceptors (Lipinski definition) is 7. The lowest BCUT2D eigenvalue weighted by Gasteiger charge is -2.36. The molecule has 0 aromatic heterocycles. The predicted molar refractivity (Wildman–Crippen MR) is 135 cm³/mol. The number of rotatable bonds is 8. The van der Waals surface area contributed by atoms with Crippen LogP contribution >= 0.6 is 0 Å². The van der Waals surface area contributed by atoms with E-state index in [-0.39, 0.29) is 31.3 Å². The molecule has 0 aromatic rings. The van der Waals surface area contributed by atoms with Gasteiger partial charge in [0.25, 0.3) is 0 Å². The van der Waals surface area contributed by atoms with E-state index in [1.807, 2.05) is 6.07 Å². The van der Waals surface area contributed by atoms with Crippen LogP contribution in [0.25, 0.3) is 0 Å². The maximum atomic E-state index is 13.9. The molecule has 5 atom stereocenters. The van der Waals surface area contributed by atoms with Crippen molar-refractivity contribution >= 4 is 23.8 Å². The van der Waals surface area contributed by atoms with Gasteiger partial charge in [-0.2, -0.15) is 18.4 Å². The molecule has 3 saturated heterocycles. The summed E-state index contributed by atoms with van der Waals surface area (Å²) >= 11 is 0. The van der Waals surface area contributed by atoms with Crippen molar-refractivity contribution in [2.24, 2.45) is 11.3 Å². The van der Waals surface area contributed by atoms with Crippen LogP contribution < -0.4 is 21.3 Å². The van der Waals surface area contributed by atoms with E-state index in [1.54, 1.807) is 26.1 Å². The fraction of sp³-hybridized carbons (Fsp3) is 0.800. The number of carbonyl (C=O) groups excluding carboxylic acids is 4. The number of urea groups is 1. The number of nitrogens with zero attached hydrogens (tertiary/aromatic N) is 3. The normalized spacial score (nSPS) is 25.5. The Balaban J connectivity index is 1.79. The molecule has 0 unspecified atom stereocenters. The van der Waals surface area contributed by atoms with E-state index in [2.05, 4.69) is 20.9 Å². The number of carbonyl (C=O) groups is 4. The lowest BCUT2D eigenvalue weighted by atomic mass is 9.85. The molecule has 0 bridgehead atoms. The SMILES string of the molecule is CC(C)(C)[C@H](NC(=O)NCC(F)(F)F)C(=O)N1C[C@H](N2CCOCC2)C[C@H]1C(=O)N[C@H](C#N)C[C@@H]1CCNC1=O. The van der Waals surface area contributed by atoms with E-state index in [0.29, 0.717) is 39.3 Å². The molecule has 5 amide bonds. The van der Waals surface area contributed by atoms with Crippen molar-refractivity contribution in [2.45, 2.75) is 70.4 Å². The number of amides is 5. The van der Waals surface area contributed by atoms with Crippen molar-refractivity contribution in [3.63, 3.8) is 0 Å². The van der Waals surface area contributed by atoms with Crippen molar-refractivity contribution in [3.8, 4) is 6.07 Å². The number of halogens is 3. The fourth-order valence-corrected chi connectivity index (χ4v) is 5.26. The number of alkyl halides is 3. The molecule has 0 spiro atoms. The number of hydrogen-bond donors (Lipinski definition) is 4. The Morgan fingerprint density at radius 3 is 2.40 bits per heavy atom. The third kappa shape index (κ3) is 8.44. The molecular weight excluding hydrogens is 535 g/mol. The summed E-state index contributed by atoms with van der Waals surface area (Å²) in [5.41, 5.74) is -0.907. The third-order valence-corrected chi connectivity index (χ3v) is 7.42. The zero-order chi connectivity index (χ0) is 29.7. The molecule has 0 saturated carbocycles. The van der Waals surface area contributed by atoms with Crippen LogP contribution in [0.2, 0.25) is 0 Å². The smallest absolute Gasteiger partial charge is 0.379 e. The van der Waals surface area contributed by atoms with Crippen molar-refractivity contribution in [2.75, 3.05) is 45.9 Å². The highest BCUT2D eigenvalue weighted by Gasteiger charge is 2.47. The minimum absolute atomic E-state index is 0.132. The molecular formula is C25H38F3N7O5.